The second kappa shape index (κ2) is 8.23. The fourth-order valence-electron chi connectivity index (χ4n) is 2.21. The first kappa shape index (κ1) is 16.1. The highest BCUT2D eigenvalue weighted by Gasteiger charge is 2.20. The molecule has 1 aliphatic carbocycles. The third-order valence-electron chi connectivity index (χ3n) is 3.66. The van der Waals surface area contributed by atoms with Crippen molar-refractivity contribution in [3.05, 3.63) is 33.8 Å². The van der Waals surface area contributed by atoms with E-state index in [4.69, 9.17) is 27.9 Å². The number of benzene rings is 1. The molecule has 112 valence electrons. The Morgan fingerprint density at radius 3 is 2.75 bits per heavy atom. The molecule has 0 amide bonds. The van der Waals surface area contributed by atoms with Gasteiger partial charge in [0, 0.05) is 19.3 Å². The SMILES string of the molecule is CCC(NCCCOCC1CC1)c1ccc(Cl)c(Cl)c1. The number of hydrogen-bond acceptors (Lipinski definition) is 2. The molecule has 1 unspecified atom stereocenters. The van der Waals surface area contributed by atoms with Crippen molar-refractivity contribution in [2.45, 2.75) is 38.6 Å². The van der Waals surface area contributed by atoms with Crippen molar-refractivity contribution < 1.29 is 4.74 Å². The van der Waals surface area contributed by atoms with E-state index >= 15 is 0 Å². The summed E-state index contributed by atoms with van der Waals surface area (Å²) in [7, 11) is 0. The molecule has 0 saturated heterocycles. The molecule has 2 rings (SSSR count). The van der Waals surface area contributed by atoms with Crippen LogP contribution >= 0.6 is 23.2 Å². The van der Waals surface area contributed by atoms with E-state index in [1.807, 2.05) is 18.2 Å². The third-order valence-corrected chi connectivity index (χ3v) is 4.40. The topological polar surface area (TPSA) is 21.3 Å². The number of ether oxygens (including phenoxy) is 1. The molecular formula is C16H23Cl2NO. The molecule has 0 heterocycles. The standard InChI is InChI=1S/C16H23Cl2NO/c1-2-16(13-6-7-14(17)15(18)10-13)19-8-3-9-20-11-12-4-5-12/h6-7,10,12,16,19H,2-5,8-9,11H2,1H3. The highest BCUT2D eigenvalue weighted by molar-refractivity contribution is 6.42. The van der Waals surface area contributed by atoms with E-state index in [1.165, 1.54) is 18.4 Å². The molecule has 0 bridgehead atoms. The van der Waals surface area contributed by atoms with Gasteiger partial charge in [-0.3, -0.25) is 0 Å². The van der Waals surface area contributed by atoms with E-state index in [2.05, 4.69) is 12.2 Å². The Morgan fingerprint density at radius 2 is 2.10 bits per heavy atom. The number of nitrogens with one attached hydrogen (secondary N) is 1. The Labute approximate surface area is 131 Å². The van der Waals surface area contributed by atoms with E-state index in [-0.39, 0.29) is 0 Å². The molecule has 1 aromatic carbocycles. The van der Waals surface area contributed by atoms with Crippen LogP contribution < -0.4 is 5.32 Å². The van der Waals surface area contributed by atoms with Crippen molar-refractivity contribution >= 4 is 23.2 Å². The largest absolute Gasteiger partial charge is 0.381 e. The van der Waals surface area contributed by atoms with Crippen LogP contribution in [0.2, 0.25) is 10.0 Å². The second-order valence-electron chi connectivity index (χ2n) is 5.46. The van der Waals surface area contributed by atoms with Gasteiger partial charge in [-0.15, -0.1) is 0 Å². The van der Waals surface area contributed by atoms with Gasteiger partial charge in [-0.25, -0.2) is 0 Å². The fraction of sp³-hybridized carbons (Fsp3) is 0.625. The lowest BCUT2D eigenvalue weighted by atomic mass is 10.0. The molecule has 20 heavy (non-hydrogen) atoms. The average Bonchev–Trinajstić information content (AvgIpc) is 3.25. The summed E-state index contributed by atoms with van der Waals surface area (Å²) < 4.78 is 5.64. The van der Waals surface area contributed by atoms with Gasteiger partial charge in [-0.05, 0) is 55.8 Å². The van der Waals surface area contributed by atoms with Crippen LogP contribution in [0.1, 0.15) is 44.2 Å². The highest BCUT2D eigenvalue weighted by Crippen LogP contribution is 2.29. The fourth-order valence-corrected chi connectivity index (χ4v) is 2.52. The maximum absolute atomic E-state index is 6.07. The maximum atomic E-state index is 6.07. The molecule has 0 spiro atoms. The van der Waals surface area contributed by atoms with Crippen molar-refractivity contribution in [3.63, 3.8) is 0 Å². The number of halogens is 2. The summed E-state index contributed by atoms with van der Waals surface area (Å²) in [6.45, 7) is 4.93. The predicted octanol–water partition coefficient (Wildman–Crippen LogP) is 4.85. The third kappa shape index (κ3) is 5.25. The molecule has 1 atom stereocenters. The van der Waals surface area contributed by atoms with E-state index in [1.54, 1.807) is 0 Å². The van der Waals surface area contributed by atoms with Gasteiger partial charge in [0.25, 0.3) is 0 Å². The zero-order valence-corrected chi connectivity index (χ0v) is 13.5. The number of hydrogen-bond donors (Lipinski definition) is 1. The Hall–Kier alpha value is -0.280. The molecule has 1 aliphatic rings. The van der Waals surface area contributed by atoms with Gasteiger partial charge < -0.3 is 10.1 Å². The van der Waals surface area contributed by atoms with Crippen molar-refractivity contribution in [3.8, 4) is 0 Å². The Bertz CT molecular complexity index is 421. The van der Waals surface area contributed by atoms with Gasteiger partial charge in [0.15, 0.2) is 0 Å². The Kier molecular flexibility index (Phi) is 6.63. The maximum Gasteiger partial charge on any atom is 0.0595 e. The Morgan fingerprint density at radius 1 is 1.30 bits per heavy atom. The lowest BCUT2D eigenvalue weighted by Crippen LogP contribution is -2.23. The Balaban J connectivity index is 1.69. The molecule has 0 aliphatic heterocycles. The minimum absolute atomic E-state index is 0.327. The van der Waals surface area contributed by atoms with Gasteiger partial charge >= 0.3 is 0 Å². The van der Waals surface area contributed by atoms with E-state index in [0.717, 1.165) is 38.5 Å². The number of rotatable bonds is 9. The minimum atomic E-state index is 0.327. The second-order valence-corrected chi connectivity index (χ2v) is 6.27. The molecule has 0 radical (unpaired) electrons. The minimum Gasteiger partial charge on any atom is -0.381 e. The normalized spacial score (nSPS) is 16.4. The van der Waals surface area contributed by atoms with E-state index in [0.29, 0.717) is 16.1 Å². The summed E-state index contributed by atoms with van der Waals surface area (Å²) in [4.78, 5) is 0. The summed E-state index contributed by atoms with van der Waals surface area (Å²) in [6, 6.07) is 6.18. The summed E-state index contributed by atoms with van der Waals surface area (Å²) in [5, 5.41) is 4.79. The molecule has 2 nitrogen and oxygen atoms in total. The van der Waals surface area contributed by atoms with Crippen LogP contribution in [-0.4, -0.2) is 19.8 Å². The van der Waals surface area contributed by atoms with Gasteiger partial charge in [0.05, 0.1) is 10.0 Å². The highest BCUT2D eigenvalue weighted by atomic mass is 35.5. The predicted molar refractivity (Wildman–Crippen MR) is 85.7 cm³/mol. The van der Waals surface area contributed by atoms with Crippen molar-refractivity contribution in [2.24, 2.45) is 5.92 Å². The van der Waals surface area contributed by atoms with Gasteiger partial charge in [-0.1, -0.05) is 36.2 Å². The summed E-state index contributed by atoms with van der Waals surface area (Å²) in [5.74, 6) is 0.850. The van der Waals surface area contributed by atoms with Gasteiger partial charge in [-0.2, -0.15) is 0 Å². The molecule has 1 N–H and O–H groups in total. The molecule has 0 aromatic heterocycles. The van der Waals surface area contributed by atoms with Crippen molar-refractivity contribution in [1.82, 2.24) is 5.32 Å². The molecular weight excluding hydrogens is 293 g/mol. The van der Waals surface area contributed by atoms with Crippen molar-refractivity contribution in [2.75, 3.05) is 19.8 Å². The quantitative estimate of drug-likeness (QED) is 0.658. The molecule has 4 heteroatoms. The molecule has 1 fully saturated rings. The lowest BCUT2D eigenvalue weighted by Gasteiger charge is -2.18. The summed E-state index contributed by atoms with van der Waals surface area (Å²) in [5.41, 5.74) is 1.20. The zero-order chi connectivity index (χ0) is 14.4. The van der Waals surface area contributed by atoms with Crippen LogP contribution in [0.4, 0.5) is 0 Å². The van der Waals surface area contributed by atoms with Crippen LogP contribution in [0.3, 0.4) is 0 Å². The zero-order valence-electron chi connectivity index (χ0n) is 12.0. The molecule has 1 aromatic rings. The first-order valence-corrected chi connectivity index (χ1v) is 8.22. The van der Waals surface area contributed by atoms with Crippen LogP contribution in [0.5, 0.6) is 0 Å². The first-order valence-electron chi connectivity index (χ1n) is 7.46. The van der Waals surface area contributed by atoms with Crippen LogP contribution in [0.25, 0.3) is 0 Å². The van der Waals surface area contributed by atoms with Crippen LogP contribution in [0, 0.1) is 5.92 Å². The average molecular weight is 316 g/mol. The van der Waals surface area contributed by atoms with Crippen LogP contribution in [0.15, 0.2) is 18.2 Å². The van der Waals surface area contributed by atoms with Gasteiger partial charge in [0.2, 0.25) is 0 Å². The lowest BCUT2D eigenvalue weighted by molar-refractivity contribution is 0.121. The van der Waals surface area contributed by atoms with Crippen LogP contribution in [-0.2, 0) is 4.74 Å². The first-order chi connectivity index (χ1) is 9.70. The monoisotopic (exact) mass is 315 g/mol. The van der Waals surface area contributed by atoms with Crippen molar-refractivity contribution in [1.29, 1.82) is 0 Å². The van der Waals surface area contributed by atoms with E-state index < -0.39 is 0 Å². The molecule has 1 saturated carbocycles. The summed E-state index contributed by atoms with van der Waals surface area (Å²) in [6.07, 6.45) is 4.78. The summed E-state index contributed by atoms with van der Waals surface area (Å²) >= 11 is 12.0. The smallest absolute Gasteiger partial charge is 0.0595 e. The van der Waals surface area contributed by atoms with Gasteiger partial charge in [0.1, 0.15) is 0 Å². The van der Waals surface area contributed by atoms with E-state index in [9.17, 15) is 0 Å².